The smallest absolute Gasteiger partial charge is 0.407 e. The second-order valence-corrected chi connectivity index (χ2v) is 7.47. The van der Waals surface area contributed by atoms with Crippen LogP contribution in [-0.4, -0.2) is 16.9 Å². The van der Waals surface area contributed by atoms with Crippen LogP contribution in [0.4, 0.5) is 10.5 Å². The molecule has 7 heteroatoms. The van der Waals surface area contributed by atoms with Gasteiger partial charge in [-0.25, -0.2) is 4.79 Å². The van der Waals surface area contributed by atoms with Crippen LogP contribution in [0.5, 0.6) is 0 Å². The highest BCUT2D eigenvalue weighted by atomic mass is 16.5. The van der Waals surface area contributed by atoms with Gasteiger partial charge < -0.3 is 20.3 Å². The van der Waals surface area contributed by atoms with Crippen LogP contribution in [0.15, 0.2) is 72.8 Å². The summed E-state index contributed by atoms with van der Waals surface area (Å²) in [5.41, 5.74) is 5.01. The Kier molecular flexibility index (Phi) is 6.33. The van der Waals surface area contributed by atoms with Gasteiger partial charge in [0.2, 0.25) is 0 Å². The Labute approximate surface area is 186 Å². The molecule has 32 heavy (non-hydrogen) atoms. The van der Waals surface area contributed by atoms with Gasteiger partial charge in [0, 0.05) is 23.4 Å². The van der Waals surface area contributed by atoms with E-state index in [1.807, 2.05) is 48.5 Å². The molecule has 0 bridgehead atoms. The van der Waals surface area contributed by atoms with Crippen molar-refractivity contribution < 1.29 is 14.3 Å². The van der Waals surface area contributed by atoms with Crippen LogP contribution in [0, 0.1) is 11.5 Å². The Bertz CT molecular complexity index is 1150. The lowest BCUT2D eigenvalue weighted by Gasteiger charge is -2.11. The highest BCUT2D eigenvalue weighted by Gasteiger charge is 2.21. The van der Waals surface area contributed by atoms with Crippen molar-refractivity contribution >= 4 is 17.7 Å². The van der Waals surface area contributed by atoms with Gasteiger partial charge in [0.05, 0.1) is 13.1 Å². The van der Waals surface area contributed by atoms with E-state index in [1.54, 1.807) is 29.2 Å². The van der Waals surface area contributed by atoms with E-state index in [9.17, 15) is 9.59 Å². The third kappa shape index (κ3) is 5.05. The molecule has 0 spiro atoms. The molecule has 1 heterocycles. The van der Waals surface area contributed by atoms with Crippen LogP contribution in [0.1, 0.15) is 32.6 Å². The SMILES string of the molecule is N#CN1Cc2cccc(NC(=O)c3ccc(CNC(=O)OCc4ccccc4)cc3)c2C1. The lowest BCUT2D eigenvalue weighted by molar-refractivity contribution is 0.102. The van der Waals surface area contributed by atoms with Gasteiger partial charge in [0.25, 0.3) is 5.91 Å². The number of ether oxygens (including phenoxy) is 1. The number of carbonyl (C=O) groups excluding carboxylic acids is 2. The van der Waals surface area contributed by atoms with E-state index in [2.05, 4.69) is 16.8 Å². The predicted molar refractivity (Wildman–Crippen MR) is 119 cm³/mol. The number of nitrogens with zero attached hydrogens (tertiary/aromatic N) is 2. The second-order valence-electron chi connectivity index (χ2n) is 7.47. The van der Waals surface area contributed by atoms with Crippen molar-refractivity contribution in [1.82, 2.24) is 10.2 Å². The van der Waals surface area contributed by atoms with Crippen LogP contribution in [0.3, 0.4) is 0 Å². The van der Waals surface area contributed by atoms with Gasteiger partial charge >= 0.3 is 6.09 Å². The third-order valence-corrected chi connectivity index (χ3v) is 5.24. The highest BCUT2D eigenvalue weighted by Crippen LogP contribution is 2.29. The van der Waals surface area contributed by atoms with Gasteiger partial charge in [-0.15, -0.1) is 0 Å². The fourth-order valence-electron chi connectivity index (χ4n) is 3.53. The molecule has 0 radical (unpaired) electrons. The summed E-state index contributed by atoms with van der Waals surface area (Å²) in [5, 5.41) is 14.8. The number of nitriles is 1. The zero-order valence-electron chi connectivity index (χ0n) is 17.4. The molecular formula is C25H22N4O3. The van der Waals surface area contributed by atoms with Gasteiger partial charge in [-0.3, -0.25) is 4.79 Å². The molecule has 1 aliphatic rings. The van der Waals surface area contributed by atoms with Crippen LogP contribution >= 0.6 is 0 Å². The van der Waals surface area contributed by atoms with Crippen molar-refractivity contribution in [1.29, 1.82) is 5.26 Å². The van der Waals surface area contributed by atoms with Crippen molar-refractivity contribution in [3.8, 4) is 6.19 Å². The Balaban J connectivity index is 1.29. The van der Waals surface area contributed by atoms with Gasteiger partial charge in [0.1, 0.15) is 6.61 Å². The monoisotopic (exact) mass is 426 g/mol. The standard InChI is InChI=1S/C25H22N4O3/c26-17-29-14-21-7-4-8-23(22(21)15-29)28-24(30)20-11-9-18(10-12-20)13-27-25(31)32-16-19-5-2-1-3-6-19/h1-12H,13-16H2,(H,27,31)(H,28,30). The second kappa shape index (κ2) is 9.67. The number of carbonyl (C=O) groups is 2. The van der Waals surface area contributed by atoms with Crippen molar-refractivity contribution in [2.45, 2.75) is 26.2 Å². The molecule has 2 amide bonds. The average Bonchev–Trinajstić information content (AvgIpc) is 3.27. The summed E-state index contributed by atoms with van der Waals surface area (Å²) in [4.78, 5) is 26.2. The van der Waals surface area contributed by atoms with E-state index in [0.717, 1.165) is 27.9 Å². The number of hydrogen-bond donors (Lipinski definition) is 2. The maximum absolute atomic E-state index is 12.7. The molecule has 160 valence electrons. The van der Waals surface area contributed by atoms with Crippen molar-refractivity contribution in [3.63, 3.8) is 0 Å². The van der Waals surface area contributed by atoms with Crippen molar-refractivity contribution in [2.24, 2.45) is 0 Å². The molecule has 2 N–H and O–H groups in total. The molecular weight excluding hydrogens is 404 g/mol. The Morgan fingerprint density at radius 2 is 1.72 bits per heavy atom. The minimum Gasteiger partial charge on any atom is -0.445 e. The molecule has 0 aliphatic carbocycles. The zero-order chi connectivity index (χ0) is 22.3. The molecule has 0 unspecified atom stereocenters. The lowest BCUT2D eigenvalue weighted by atomic mass is 10.1. The number of fused-ring (bicyclic) bond motifs is 1. The molecule has 4 rings (SSSR count). The Morgan fingerprint density at radius 1 is 0.938 bits per heavy atom. The van der Waals surface area contributed by atoms with Crippen molar-refractivity contribution in [3.05, 3.63) is 101 Å². The largest absolute Gasteiger partial charge is 0.445 e. The number of alkyl carbamates (subject to hydrolysis) is 1. The lowest BCUT2D eigenvalue weighted by Crippen LogP contribution is -2.23. The first-order chi connectivity index (χ1) is 15.6. The van der Waals surface area contributed by atoms with E-state index in [-0.39, 0.29) is 12.5 Å². The van der Waals surface area contributed by atoms with Gasteiger partial charge in [-0.05, 0) is 34.9 Å². The average molecular weight is 426 g/mol. The van der Waals surface area contributed by atoms with Crippen LogP contribution in [-0.2, 0) is 31.0 Å². The molecule has 0 saturated heterocycles. The van der Waals surface area contributed by atoms with Gasteiger partial charge in [-0.1, -0.05) is 54.6 Å². The summed E-state index contributed by atoms with van der Waals surface area (Å²) < 4.78 is 5.19. The summed E-state index contributed by atoms with van der Waals surface area (Å²) in [5.74, 6) is -0.226. The topological polar surface area (TPSA) is 94.5 Å². The van der Waals surface area contributed by atoms with E-state index < -0.39 is 6.09 Å². The predicted octanol–water partition coefficient (Wildman–Crippen LogP) is 4.16. The van der Waals surface area contributed by atoms with E-state index >= 15 is 0 Å². The normalized spacial score (nSPS) is 11.9. The van der Waals surface area contributed by atoms with Crippen LogP contribution in [0.25, 0.3) is 0 Å². The number of amides is 2. The summed E-state index contributed by atoms with van der Waals surface area (Å²) in [6.07, 6.45) is 1.65. The van der Waals surface area contributed by atoms with E-state index in [0.29, 0.717) is 25.2 Å². The number of nitrogens with one attached hydrogen (secondary N) is 2. The fourth-order valence-corrected chi connectivity index (χ4v) is 3.53. The minimum absolute atomic E-state index is 0.209. The summed E-state index contributed by atoms with van der Waals surface area (Å²) >= 11 is 0. The first-order valence-electron chi connectivity index (χ1n) is 10.2. The molecule has 1 aliphatic heterocycles. The minimum atomic E-state index is -0.500. The van der Waals surface area contributed by atoms with Gasteiger partial charge in [0.15, 0.2) is 6.19 Å². The van der Waals surface area contributed by atoms with E-state index in [4.69, 9.17) is 10.00 Å². The molecule has 0 aromatic heterocycles. The molecule has 3 aromatic carbocycles. The molecule has 3 aromatic rings. The maximum atomic E-state index is 12.7. The third-order valence-electron chi connectivity index (χ3n) is 5.24. The maximum Gasteiger partial charge on any atom is 0.407 e. The quantitative estimate of drug-likeness (QED) is 0.577. The zero-order valence-corrected chi connectivity index (χ0v) is 17.4. The molecule has 0 atom stereocenters. The number of hydrogen-bond acceptors (Lipinski definition) is 5. The fraction of sp³-hybridized carbons (Fsp3) is 0.160. The first-order valence-corrected chi connectivity index (χ1v) is 10.2. The van der Waals surface area contributed by atoms with Gasteiger partial charge in [-0.2, -0.15) is 5.26 Å². The van der Waals surface area contributed by atoms with E-state index in [1.165, 1.54) is 0 Å². The highest BCUT2D eigenvalue weighted by molar-refractivity contribution is 6.04. The number of benzene rings is 3. The molecule has 0 fully saturated rings. The summed E-state index contributed by atoms with van der Waals surface area (Å²) in [6.45, 7) is 1.56. The Hall–Kier alpha value is -4.31. The molecule has 0 saturated carbocycles. The first kappa shape index (κ1) is 20.9. The van der Waals surface area contributed by atoms with Crippen LogP contribution < -0.4 is 10.6 Å². The number of anilines is 1. The number of rotatable bonds is 6. The van der Waals surface area contributed by atoms with Crippen LogP contribution in [0.2, 0.25) is 0 Å². The summed E-state index contributed by atoms with van der Waals surface area (Å²) in [7, 11) is 0. The van der Waals surface area contributed by atoms with Crippen molar-refractivity contribution in [2.75, 3.05) is 5.32 Å². The summed E-state index contributed by atoms with van der Waals surface area (Å²) in [6, 6.07) is 22.2. The molecule has 7 nitrogen and oxygen atoms in total. The Morgan fingerprint density at radius 3 is 2.47 bits per heavy atom.